The fourth-order valence-electron chi connectivity index (χ4n) is 1.73. The number of Topliss-reactive ketones (excluding diaryl/α,β-unsaturated/α-hetero) is 2. The second-order valence-corrected chi connectivity index (χ2v) is 6.03. The monoisotopic (exact) mass is 429 g/mol. The van der Waals surface area contributed by atoms with Gasteiger partial charge in [0.15, 0.2) is 5.78 Å². The van der Waals surface area contributed by atoms with Crippen LogP contribution in [0.2, 0.25) is 0 Å². The van der Waals surface area contributed by atoms with Crippen LogP contribution >= 0.6 is 0 Å². The molecule has 0 aromatic heterocycles. The molecule has 0 bridgehead atoms. The molecule has 3 atom stereocenters. The van der Waals surface area contributed by atoms with Crippen molar-refractivity contribution in [3.8, 4) is 0 Å². The van der Waals surface area contributed by atoms with E-state index in [-0.39, 0.29) is 81.0 Å². The zero-order valence-electron chi connectivity index (χ0n) is 15.8. The number of amides is 2. The van der Waals surface area contributed by atoms with Crippen LogP contribution in [0.4, 0.5) is 0 Å². The SMILES string of the molecule is CCC(C)C(=O)NCC(NC(=O)C(C)CC)C(=O)CN[CH-]C(C)=O.[Y]. The first-order valence-corrected chi connectivity index (χ1v) is 8.40. The van der Waals surface area contributed by atoms with E-state index < -0.39 is 6.04 Å². The molecule has 25 heavy (non-hydrogen) atoms. The van der Waals surface area contributed by atoms with Crippen LogP contribution < -0.4 is 16.0 Å². The van der Waals surface area contributed by atoms with Crippen LogP contribution in [-0.4, -0.2) is 42.5 Å². The van der Waals surface area contributed by atoms with Crippen molar-refractivity contribution in [1.82, 2.24) is 16.0 Å². The molecule has 0 saturated carbocycles. The summed E-state index contributed by atoms with van der Waals surface area (Å²) in [5.74, 6) is -1.26. The van der Waals surface area contributed by atoms with Crippen molar-refractivity contribution in [2.24, 2.45) is 11.8 Å². The first kappa shape index (κ1) is 26.4. The molecular formula is C17H30N3O4Y-. The van der Waals surface area contributed by atoms with Gasteiger partial charge in [-0.15, -0.1) is 0 Å². The zero-order valence-corrected chi connectivity index (χ0v) is 18.7. The Kier molecular flexibility index (Phi) is 15.2. The zero-order chi connectivity index (χ0) is 18.7. The van der Waals surface area contributed by atoms with Gasteiger partial charge in [-0.1, -0.05) is 27.7 Å². The Morgan fingerprint density at radius 1 is 0.960 bits per heavy atom. The minimum Gasteiger partial charge on any atom is -0.442 e. The number of nitrogens with one attached hydrogen (secondary N) is 3. The Hall–Kier alpha value is -0.786. The second-order valence-electron chi connectivity index (χ2n) is 6.03. The molecule has 1 radical (unpaired) electrons. The van der Waals surface area contributed by atoms with E-state index >= 15 is 0 Å². The molecule has 2 amide bonds. The van der Waals surface area contributed by atoms with E-state index in [9.17, 15) is 19.2 Å². The first-order chi connectivity index (χ1) is 11.2. The van der Waals surface area contributed by atoms with Gasteiger partial charge in [0.2, 0.25) is 11.8 Å². The maximum Gasteiger partial charge on any atom is 0.223 e. The molecule has 0 aliphatic rings. The summed E-state index contributed by atoms with van der Waals surface area (Å²) >= 11 is 0. The summed E-state index contributed by atoms with van der Waals surface area (Å²) in [6.45, 7) is 9.86. The molecule has 8 heteroatoms. The topological polar surface area (TPSA) is 104 Å². The maximum absolute atomic E-state index is 12.3. The summed E-state index contributed by atoms with van der Waals surface area (Å²) < 4.78 is 0. The van der Waals surface area contributed by atoms with Crippen molar-refractivity contribution >= 4 is 23.4 Å². The van der Waals surface area contributed by atoms with Gasteiger partial charge in [0.05, 0.1) is 0 Å². The molecule has 0 saturated heterocycles. The average Bonchev–Trinajstić information content (AvgIpc) is 2.55. The standard InChI is InChI=1S/C17H30N3O4.Y/c1-6-11(3)16(23)19-9-14(20-17(24)12(4)7-2)15(22)10-18-8-13(5)21;/h8,11-12,14,18H,6-7,9-10H2,1-5H3,(H,19,23)(H,20,24);/q-1;. The van der Waals surface area contributed by atoms with Crippen molar-refractivity contribution in [2.45, 2.75) is 53.5 Å². The van der Waals surface area contributed by atoms with Gasteiger partial charge in [-0.25, -0.2) is 0 Å². The van der Waals surface area contributed by atoms with E-state index in [1.165, 1.54) is 13.5 Å². The van der Waals surface area contributed by atoms with Crippen molar-refractivity contribution in [3.63, 3.8) is 0 Å². The molecule has 0 heterocycles. The van der Waals surface area contributed by atoms with Gasteiger partial charge >= 0.3 is 0 Å². The molecule has 0 aliphatic carbocycles. The normalized spacial score (nSPS) is 13.6. The van der Waals surface area contributed by atoms with Crippen LogP contribution in [0.3, 0.4) is 0 Å². The molecule has 0 spiro atoms. The largest absolute Gasteiger partial charge is 0.442 e. The fourth-order valence-corrected chi connectivity index (χ4v) is 1.73. The van der Waals surface area contributed by atoms with Gasteiger partial charge in [-0.3, -0.25) is 20.9 Å². The summed E-state index contributed by atoms with van der Waals surface area (Å²) in [7, 11) is 0. The maximum atomic E-state index is 12.3. The predicted molar refractivity (Wildman–Crippen MR) is 91.8 cm³/mol. The average molecular weight is 429 g/mol. The molecule has 0 fully saturated rings. The third-order valence-electron chi connectivity index (χ3n) is 3.89. The summed E-state index contributed by atoms with van der Waals surface area (Å²) in [6.07, 6.45) is 1.35. The molecule has 3 N–H and O–H groups in total. The molecule has 0 rings (SSSR count). The number of ketones is 2. The molecule has 7 nitrogen and oxygen atoms in total. The molecule has 0 aromatic rings. The van der Waals surface area contributed by atoms with Crippen molar-refractivity contribution in [3.05, 3.63) is 6.54 Å². The minimum atomic E-state index is -0.827. The van der Waals surface area contributed by atoms with Gasteiger partial charge in [0, 0.05) is 63.4 Å². The van der Waals surface area contributed by atoms with Gasteiger partial charge in [-0.05, 0) is 19.8 Å². The summed E-state index contributed by atoms with van der Waals surface area (Å²) in [5, 5.41) is 7.99. The molecule has 0 aromatic carbocycles. The summed E-state index contributed by atoms with van der Waals surface area (Å²) in [6, 6.07) is -0.827. The van der Waals surface area contributed by atoms with E-state index in [2.05, 4.69) is 16.0 Å². The number of rotatable bonds is 12. The second kappa shape index (κ2) is 14.4. The Bertz CT molecular complexity index is 457. The molecular weight excluding hydrogens is 399 g/mol. The third-order valence-corrected chi connectivity index (χ3v) is 3.89. The Morgan fingerprint density at radius 3 is 1.96 bits per heavy atom. The van der Waals surface area contributed by atoms with Gasteiger partial charge < -0.3 is 20.7 Å². The molecule has 0 aliphatic heterocycles. The molecule has 3 unspecified atom stereocenters. The Balaban J connectivity index is 0. The fraction of sp³-hybridized carbons (Fsp3) is 0.706. The van der Waals surface area contributed by atoms with Gasteiger partial charge in [0.1, 0.15) is 6.04 Å². The van der Waals surface area contributed by atoms with Gasteiger partial charge in [-0.2, -0.15) is 0 Å². The molecule has 141 valence electrons. The van der Waals surface area contributed by atoms with E-state index in [0.29, 0.717) is 12.8 Å². The van der Waals surface area contributed by atoms with Crippen LogP contribution in [0, 0.1) is 18.4 Å². The van der Waals surface area contributed by atoms with Crippen LogP contribution in [0.5, 0.6) is 0 Å². The summed E-state index contributed by atoms with van der Waals surface area (Å²) in [5.41, 5.74) is 0. The van der Waals surface area contributed by atoms with Crippen LogP contribution in [0.25, 0.3) is 0 Å². The Morgan fingerprint density at radius 2 is 1.48 bits per heavy atom. The van der Waals surface area contributed by atoms with E-state index in [1.54, 1.807) is 13.8 Å². The minimum absolute atomic E-state index is 0. The van der Waals surface area contributed by atoms with Crippen molar-refractivity contribution in [2.75, 3.05) is 13.1 Å². The van der Waals surface area contributed by atoms with Crippen molar-refractivity contribution < 1.29 is 51.9 Å². The Labute approximate surface area is 175 Å². The first-order valence-electron chi connectivity index (χ1n) is 8.40. The van der Waals surface area contributed by atoms with E-state index in [0.717, 1.165) is 0 Å². The number of carbonyl (C=O) groups excluding carboxylic acids is 4. The van der Waals surface area contributed by atoms with Crippen LogP contribution in [0.1, 0.15) is 47.5 Å². The number of carbonyl (C=O) groups is 4. The van der Waals surface area contributed by atoms with E-state index in [4.69, 9.17) is 0 Å². The smallest absolute Gasteiger partial charge is 0.223 e. The van der Waals surface area contributed by atoms with Crippen LogP contribution in [-0.2, 0) is 51.9 Å². The van der Waals surface area contributed by atoms with Crippen molar-refractivity contribution in [1.29, 1.82) is 0 Å². The quantitative estimate of drug-likeness (QED) is 0.394. The third kappa shape index (κ3) is 11.4. The van der Waals surface area contributed by atoms with Gasteiger partial charge in [0.25, 0.3) is 0 Å². The number of hydrogen-bond acceptors (Lipinski definition) is 5. The summed E-state index contributed by atoms with van der Waals surface area (Å²) in [4.78, 5) is 47.1. The number of hydrogen-bond donors (Lipinski definition) is 3. The van der Waals surface area contributed by atoms with Crippen LogP contribution in [0.15, 0.2) is 0 Å². The van der Waals surface area contributed by atoms with E-state index in [1.807, 2.05) is 13.8 Å². The predicted octanol–water partition coefficient (Wildman–Crippen LogP) is 0.587.